The highest BCUT2D eigenvalue weighted by atomic mass is 32.1. The highest BCUT2D eigenvalue weighted by Gasteiger charge is 2.31. The van der Waals surface area contributed by atoms with Crippen LogP contribution in [0, 0.1) is 0 Å². The number of rotatable bonds is 6. The van der Waals surface area contributed by atoms with Crippen molar-refractivity contribution < 1.29 is 23.5 Å². The van der Waals surface area contributed by atoms with Gasteiger partial charge in [0, 0.05) is 24.5 Å². The molecule has 1 aliphatic rings. The lowest BCUT2D eigenvalue weighted by Gasteiger charge is -2.20. The monoisotopic (exact) mass is 461 g/mol. The molecule has 1 saturated heterocycles. The number of benzene rings is 2. The molecule has 0 radical (unpaired) electrons. The van der Waals surface area contributed by atoms with E-state index in [0.29, 0.717) is 33.4 Å². The van der Waals surface area contributed by atoms with Gasteiger partial charge in [0.1, 0.15) is 11.5 Å². The third-order valence-electron chi connectivity index (χ3n) is 5.36. The van der Waals surface area contributed by atoms with Gasteiger partial charge < -0.3 is 9.15 Å². The first-order chi connectivity index (χ1) is 16.0. The molecule has 9 heteroatoms. The van der Waals surface area contributed by atoms with E-state index in [2.05, 4.69) is 4.98 Å². The summed E-state index contributed by atoms with van der Waals surface area (Å²) in [7, 11) is 1.59. The van der Waals surface area contributed by atoms with E-state index in [1.165, 1.54) is 16.2 Å². The van der Waals surface area contributed by atoms with Crippen LogP contribution in [0.5, 0.6) is 5.75 Å². The van der Waals surface area contributed by atoms with E-state index in [0.717, 1.165) is 9.60 Å². The molecular formula is C24H19N3O5S. The minimum absolute atomic E-state index is 0.175. The van der Waals surface area contributed by atoms with Crippen LogP contribution < -0.4 is 14.5 Å². The van der Waals surface area contributed by atoms with Crippen LogP contribution in [0.1, 0.15) is 29.0 Å². The number of carbonyl (C=O) groups is 3. The number of nitrogens with zero attached hydrogens (tertiary/aromatic N) is 3. The fourth-order valence-corrected chi connectivity index (χ4v) is 4.66. The Morgan fingerprint density at radius 2 is 1.94 bits per heavy atom. The second kappa shape index (κ2) is 8.51. The summed E-state index contributed by atoms with van der Waals surface area (Å²) in [6, 6.07) is 15.6. The van der Waals surface area contributed by atoms with Gasteiger partial charge in [-0.15, -0.1) is 0 Å². The van der Waals surface area contributed by atoms with Gasteiger partial charge in [0.2, 0.25) is 11.8 Å². The number of fused-ring (bicyclic) bond motifs is 1. The minimum atomic E-state index is -0.321. The van der Waals surface area contributed by atoms with Crippen LogP contribution in [-0.4, -0.2) is 29.8 Å². The van der Waals surface area contributed by atoms with Gasteiger partial charge in [0.15, 0.2) is 5.13 Å². The first-order valence-corrected chi connectivity index (χ1v) is 11.1. The second-order valence-corrected chi connectivity index (χ2v) is 8.48. The van der Waals surface area contributed by atoms with Gasteiger partial charge >= 0.3 is 0 Å². The zero-order valence-corrected chi connectivity index (χ0v) is 18.5. The van der Waals surface area contributed by atoms with Crippen molar-refractivity contribution in [3.05, 3.63) is 72.2 Å². The minimum Gasteiger partial charge on any atom is -0.497 e. The van der Waals surface area contributed by atoms with E-state index in [-0.39, 0.29) is 37.1 Å². The van der Waals surface area contributed by atoms with E-state index in [1.54, 1.807) is 49.8 Å². The number of hydrogen-bond acceptors (Lipinski definition) is 7. The normalized spacial score (nSPS) is 13.7. The zero-order chi connectivity index (χ0) is 22.9. The average molecular weight is 461 g/mol. The molecule has 0 spiro atoms. The zero-order valence-electron chi connectivity index (χ0n) is 17.7. The van der Waals surface area contributed by atoms with Gasteiger partial charge in [0.05, 0.1) is 35.8 Å². The van der Waals surface area contributed by atoms with Crippen LogP contribution >= 0.6 is 11.3 Å². The molecule has 8 nitrogen and oxygen atoms in total. The molecule has 166 valence electrons. The van der Waals surface area contributed by atoms with Gasteiger partial charge in [-0.25, -0.2) is 4.98 Å². The molecule has 0 aliphatic carbocycles. The third kappa shape index (κ3) is 3.98. The Balaban J connectivity index is 1.53. The van der Waals surface area contributed by atoms with E-state index in [4.69, 9.17) is 9.15 Å². The Labute approximate surface area is 193 Å². The number of hydrogen-bond donors (Lipinski definition) is 0. The summed E-state index contributed by atoms with van der Waals surface area (Å²) in [6.45, 7) is 0.175. The fourth-order valence-electron chi connectivity index (χ4n) is 3.72. The van der Waals surface area contributed by atoms with E-state index in [9.17, 15) is 14.4 Å². The lowest BCUT2D eigenvalue weighted by molar-refractivity contribution is -0.121. The quantitative estimate of drug-likeness (QED) is 0.395. The molecule has 33 heavy (non-hydrogen) atoms. The summed E-state index contributed by atoms with van der Waals surface area (Å²) in [5.41, 5.74) is 1.44. The summed E-state index contributed by atoms with van der Waals surface area (Å²) < 4.78 is 11.7. The van der Waals surface area contributed by atoms with Gasteiger partial charge in [-0.3, -0.25) is 24.2 Å². The van der Waals surface area contributed by atoms with Crippen LogP contribution in [0.25, 0.3) is 10.2 Å². The van der Waals surface area contributed by atoms with Crippen LogP contribution in [0.3, 0.4) is 0 Å². The molecular weight excluding hydrogens is 442 g/mol. The predicted molar refractivity (Wildman–Crippen MR) is 124 cm³/mol. The van der Waals surface area contributed by atoms with Crippen LogP contribution in [-0.2, 0) is 16.1 Å². The molecule has 0 unspecified atom stereocenters. The van der Waals surface area contributed by atoms with Gasteiger partial charge in [-0.2, -0.15) is 0 Å². The Kier molecular flexibility index (Phi) is 5.39. The molecule has 1 aliphatic heterocycles. The largest absolute Gasteiger partial charge is 0.497 e. The van der Waals surface area contributed by atoms with Crippen molar-refractivity contribution in [2.45, 2.75) is 19.4 Å². The Morgan fingerprint density at radius 3 is 2.67 bits per heavy atom. The molecule has 0 N–H and O–H groups in total. The number of anilines is 2. The summed E-state index contributed by atoms with van der Waals surface area (Å²) >= 11 is 1.38. The number of furan rings is 1. The molecule has 0 atom stereocenters. The lowest BCUT2D eigenvalue weighted by Crippen LogP contribution is -2.31. The third-order valence-corrected chi connectivity index (χ3v) is 6.42. The predicted octanol–water partition coefficient (Wildman–Crippen LogP) is 4.40. The van der Waals surface area contributed by atoms with Crippen molar-refractivity contribution in [3.8, 4) is 5.75 Å². The molecule has 2 aromatic heterocycles. The summed E-state index contributed by atoms with van der Waals surface area (Å²) in [5.74, 6) is 0.421. The van der Waals surface area contributed by atoms with Gasteiger partial charge in [-0.05, 0) is 42.5 Å². The fraction of sp³-hybridized carbons (Fsp3) is 0.167. The number of aromatic nitrogens is 1. The lowest BCUT2D eigenvalue weighted by atomic mass is 10.1. The number of amides is 3. The Hall–Kier alpha value is -3.98. The first-order valence-electron chi connectivity index (χ1n) is 10.3. The molecule has 3 heterocycles. The Bertz CT molecular complexity index is 1350. The average Bonchev–Trinajstić information content (AvgIpc) is 3.56. The van der Waals surface area contributed by atoms with Crippen molar-refractivity contribution in [2.75, 3.05) is 16.9 Å². The van der Waals surface area contributed by atoms with E-state index in [1.807, 2.05) is 18.2 Å². The molecule has 3 amide bonds. The smallest absolute Gasteiger partial charge is 0.260 e. The van der Waals surface area contributed by atoms with E-state index < -0.39 is 0 Å². The van der Waals surface area contributed by atoms with Crippen molar-refractivity contribution in [1.29, 1.82) is 0 Å². The van der Waals surface area contributed by atoms with Gasteiger partial charge in [-0.1, -0.05) is 17.4 Å². The highest BCUT2D eigenvalue weighted by molar-refractivity contribution is 7.22. The van der Waals surface area contributed by atoms with Crippen molar-refractivity contribution in [3.63, 3.8) is 0 Å². The maximum Gasteiger partial charge on any atom is 0.260 e. The summed E-state index contributed by atoms with van der Waals surface area (Å²) in [4.78, 5) is 45.3. The van der Waals surface area contributed by atoms with Crippen LogP contribution in [0.4, 0.5) is 10.8 Å². The van der Waals surface area contributed by atoms with Crippen LogP contribution in [0.2, 0.25) is 0 Å². The Morgan fingerprint density at radius 1 is 1.12 bits per heavy atom. The molecule has 2 aromatic carbocycles. The highest BCUT2D eigenvalue weighted by Crippen LogP contribution is 2.33. The van der Waals surface area contributed by atoms with Gasteiger partial charge in [0.25, 0.3) is 5.91 Å². The summed E-state index contributed by atoms with van der Waals surface area (Å²) in [5, 5.41) is 0.499. The van der Waals surface area contributed by atoms with Crippen molar-refractivity contribution >= 4 is 50.1 Å². The number of methoxy groups -OCH3 is 1. The van der Waals surface area contributed by atoms with E-state index >= 15 is 0 Å². The molecule has 0 bridgehead atoms. The maximum absolute atomic E-state index is 13.6. The number of imide groups is 1. The molecule has 5 rings (SSSR count). The molecule has 0 saturated carbocycles. The number of ether oxygens (including phenoxy) is 1. The first kappa shape index (κ1) is 20.9. The summed E-state index contributed by atoms with van der Waals surface area (Å²) in [6.07, 6.45) is 1.90. The number of carbonyl (C=O) groups excluding carboxylic acids is 3. The molecule has 4 aromatic rings. The van der Waals surface area contributed by atoms with Crippen LogP contribution in [0.15, 0.2) is 65.3 Å². The maximum atomic E-state index is 13.6. The standard InChI is InChI=1S/C24H19N3O5S/c1-31-17-7-8-20-19(13-17)25-24(33-20)26(14-18-6-3-11-32-18)23(30)15-4-2-5-16(12-15)27-21(28)9-10-22(27)29/h2-8,11-13H,9-10,14H2,1H3. The SMILES string of the molecule is COc1ccc2sc(N(Cc3ccco3)C(=O)c3cccc(N4C(=O)CCC4=O)c3)nc2c1. The topological polar surface area (TPSA) is 93.0 Å². The second-order valence-electron chi connectivity index (χ2n) is 7.47. The molecule has 1 fully saturated rings. The number of thiazole rings is 1. The van der Waals surface area contributed by atoms with Crippen molar-refractivity contribution in [2.24, 2.45) is 0 Å². The van der Waals surface area contributed by atoms with Crippen molar-refractivity contribution in [1.82, 2.24) is 4.98 Å².